The minimum Gasteiger partial charge on any atom is -0.464 e. The molecule has 0 saturated carbocycles. The van der Waals surface area contributed by atoms with E-state index in [4.69, 9.17) is 19.4 Å². The van der Waals surface area contributed by atoms with Gasteiger partial charge in [0.15, 0.2) is 0 Å². The third-order valence-corrected chi connectivity index (χ3v) is 15.0. The van der Waals surface area contributed by atoms with Crippen LogP contribution in [-0.2, 0) is 43.2 Å². The van der Waals surface area contributed by atoms with Crippen molar-refractivity contribution in [2.75, 3.05) is 60.5 Å². The molecule has 7 heterocycles. The number of hydrogen-bond donors (Lipinski definition) is 2. The number of likely N-dealkylation sites (N-methyl/N-ethyl adjacent to an activating group) is 1. The SMILES string of the molecule is CCn1c(-c2cccnc2[C@H](C)OC)c2c3cc(ccc31)-c1csc(n1)C[C@H](NC(=O)C(C(C)C)N(C)C(=O)N1CC3(CCN(C)CC3)C1)C(=O)N1CCC[C@H](N1)C(=O)OCC(C)(C)C2. The fourth-order valence-electron chi connectivity index (χ4n) is 10.4. The summed E-state index contributed by atoms with van der Waals surface area (Å²) >= 11 is 1.44. The molecule has 350 valence electrons. The highest BCUT2D eigenvalue weighted by Gasteiger charge is 2.48. The maximum Gasteiger partial charge on any atom is 0.324 e. The number of nitrogens with zero attached hydrogens (tertiary/aromatic N) is 7. The summed E-state index contributed by atoms with van der Waals surface area (Å²) in [5.74, 6) is -1.47. The van der Waals surface area contributed by atoms with Crippen LogP contribution in [0.25, 0.3) is 33.4 Å². The second kappa shape index (κ2) is 18.8. The number of aromatic nitrogens is 3. The summed E-state index contributed by atoms with van der Waals surface area (Å²) in [7, 11) is 5.51. The molecule has 3 saturated heterocycles. The molecule has 1 aromatic carbocycles. The number of thiazole rings is 1. The Kier molecular flexibility index (Phi) is 13.5. The number of cyclic esters (lactones) is 1. The van der Waals surface area contributed by atoms with Crippen LogP contribution in [0.3, 0.4) is 0 Å². The standard InChI is InChI=1S/C49H67N9O6S/c1-10-57-39-16-15-32-23-34(39)35(43(57)33-13-11-19-50-41(33)31(4)63-9)25-48(5,6)29-64-46(61)36-14-12-20-58(53-36)45(60)37(24-40-51-38(32)26-65-40)52-44(59)42(30(2)3)55(8)47(62)56-27-49(28-56)17-21-54(7)22-18-49/h11,13,15-16,19,23,26,30-31,36-37,42,53H,10,12,14,17-18,20-22,24-25,27-29H2,1-9H3,(H,52,59)/t31-,36-,37-,42?/m0/s1. The molecular weight excluding hydrogens is 843 g/mol. The van der Waals surface area contributed by atoms with Crippen LogP contribution in [-0.4, -0.2) is 137 Å². The Morgan fingerprint density at radius 2 is 1.86 bits per heavy atom. The van der Waals surface area contributed by atoms with Gasteiger partial charge in [-0.1, -0.05) is 33.8 Å². The van der Waals surface area contributed by atoms with Crippen LogP contribution < -0.4 is 10.7 Å². The molecule has 65 heavy (non-hydrogen) atoms. The number of nitrogens with one attached hydrogen (secondary N) is 2. The van der Waals surface area contributed by atoms with Crippen molar-refractivity contribution in [3.63, 3.8) is 0 Å². The first-order valence-corrected chi connectivity index (χ1v) is 24.2. The van der Waals surface area contributed by atoms with E-state index in [0.29, 0.717) is 50.4 Å². The van der Waals surface area contributed by atoms with Gasteiger partial charge in [-0.15, -0.1) is 11.3 Å². The fourth-order valence-corrected chi connectivity index (χ4v) is 11.2. The third-order valence-electron chi connectivity index (χ3n) is 14.1. The molecule has 2 N–H and O–H groups in total. The van der Waals surface area contributed by atoms with E-state index in [1.54, 1.807) is 20.4 Å². The smallest absolute Gasteiger partial charge is 0.324 e. The minimum atomic E-state index is -1.03. The van der Waals surface area contributed by atoms with Crippen molar-refractivity contribution in [2.45, 2.75) is 111 Å². The molecular formula is C49H67N9O6S. The van der Waals surface area contributed by atoms with Gasteiger partial charge in [-0.2, -0.15) is 0 Å². The van der Waals surface area contributed by atoms with Gasteiger partial charge in [-0.3, -0.25) is 24.4 Å². The molecule has 3 fully saturated rings. The first-order chi connectivity index (χ1) is 31.0. The third kappa shape index (κ3) is 9.41. The largest absolute Gasteiger partial charge is 0.464 e. The molecule has 1 unspecified atom stereocenters. The number of esters is 1. The lowest BCUT2D eigenvalue weighted by Crippen LogP contribution is -2.66. The lowest BCUT2D eigenvalue weighted by molar-refractivity contribution is -0.155. The number of benzene rings is 1. The van der Waals surface area contributed by atoms with E-state index < -0.39 is 35.4 Å². The zero-order valence-electron chi connectivity index (χ0n) is 39.6. The first-order valence-electron chi connectivity index (χ1n) is 23.3. The lowest BCUT2D eigenvalue weighted by Gasteiger charge is -2.54. The van der Waals surface area contributed by atoms with E-state index in [1.807, 2.05) is 37.1 Å². The molecule has 8 rings (SSSR count). The Balaban J connectivity index is 1.14. The Bertz CT molecular complexity index is 2410. The summed E-state index contributed by atoms with van der Waals surface area (Å²) in [6, 6.07) is 7.69. The highest BCUT2D eigenvalue weighted by molar-refractivity contribution is 7.10. The van der Waals surface area contributed by atoms with Crippen LogP contribution >= 0.6 is 11.3 Å². The number of fused-ring (bicyclic) bond motifs is 6. The first kappa shape index (κ1) is 46.6. The van der Waals surface area contributed by atoms with Crippen molar-refractivity contribution in [1.82, 2.24) is 45.0 Å². The number of urea groups is 1. The molecule has 15 nitrogen and oxygen atoms in total. The van der Waals surface area contributed by atoms with Gasteiger partial charge in [0.05, 0.1) is 34.8 Å². The summed E-state index contributed by atoms with van der Waals surface area (Å²) in [4.78, 5) is 72.6. The summed E-state index contributed by atoms with van der Waals surface area (Å²) in [6.07, 6.45) is 5.44. The van der Waals surface area contributed by atoms with Gasteiger partial charge in [0.2, 0.25) is 5.91 Å². The van der Waals surface area contributed by atoms with Gasteiger partial charge >= 0.3 is 12.0 Å². The molecule has 3 aromatic heterocycles. The summed E-state index contributed by atoms with van der Waals surface area (Å²) in [5, 5.41) is 8.28. The Morgan fingerprint density at radius 3 is 2.57 bits per heavy atom. The summed E-state index contributed by atoms with van der Waals surface area (Å²) in [6.45, 7) is 16.8. The van der Waals surface area contributed by atoms with Gasteiger partial charge < -0.3 is 34.1 Å². The number of carbonyl (C=O) groups is 4. The Hall–Kier alpha value is -4.90. The quantitative estimate of drug-likeness (QED) is 0.193. The normalized spacial score (nSPS) is 22.3. The van der Waals surface area contributed by atoms with E-state index in [2.05, 4.69) is 72.3 Å². The number of aryl methyl sites for hydroxylation is 1. The van der Waals surface area contributed by atoms with Crippen LogP contribution in [0.2, 0.25) is 0 Å². The predicted molar refractivity (Wildman–Crippen MR) is 252 cm³/mol. The van der Waals surface area contributed by atoms with E-state index in [0.717, 1.165) is 70.6 Å². The van der Waals surface area contributed by atoms with Crippen LogP contribution in [0.15, 0.2) is 41.9 Å². The number of amides is 4. The van der Waals surface area contributed by atoms with Gasteiger partial charge in [-0.25, -0.2) is 15.2 Å². The number of carbonyl (C=O) groups excluding carboxylic acids is 4. The molecule has 4 aromatic rings. The fraction of sp³-hybridized carbons (Fsp3) is 0.592. The van der Waals surface area contributed by atoms with Crippen molar-refractivity contribution in [2.24, 2.45) is 16.7 Å². The van der Waals surface area contributed by atoms with E-state index in [9.17, 15) is 19.2 Å². The molecule has 4 atom stereocenters. The second-order valence-electron chi connectivity index (χ2n) is 20.0. The number of hydrogen-bond acceptors (Lipinski definition) is 11. The topological polar surface area (TPSA) is 154 Å². The molecule has 1 spiro atoms. The molecule has 4 aliphatic rings. The van der Waals surface area contributed by atoms with Crippen LogP contribution in [0.1, 0.15) is 89.6 Å². The number of rotatable bonds is 8. The van der Waals surface area contributed by atoms with Crippen molar-refractivity contribution >= 4 is 46.1 Å². The number of hydrazine groups is 1. The van der Waals surface area contributed by atoms with Crippen molar-refractivity contribution in [3.8, 4) is 22.5 Å². The van der Waals surface area contributed by atoms with E-state index in [-0.39, 0.29) is 42.4 Å². The number of ether oxygens (including phenoxy) is 2. The summed E-state index contributed by atoms with van der Waals surface area (Å²) < 4.78 is 14.3. The van der Waals surface area contributed by atoms with Gasteiger partial charge in [0, 0.05) is 91.2 Å². The van der Waals surface area contributed by atoms with Gasteiger partial charge in [-0.05, 0) is 102 Å². The number of likely N-dealkylation sites (tertiary alicyclic amines) is 2. The maximum absolute atomic E-state index is 14.6. The Morgan fingerprint density at radius 1 is 1.11 bits per heavy atom. The van der Waals surface area contributed by atoms with Gasteiger partial charge in [0.1, 0.15) is 18.1 Å². The molecule has 4 amide bonds. The highest BCUT2D eigenvalue weighted by Crippen LogP contribution is 2.43. The van der Waals surface area contributed by atoms with E-state index >= 15 is 0 Å². The Labute approximate surface area is 387 Å². The number of methoxy groups -OCH3 is 1. The molecule has 0 radical (unpaired) electrons. The number of pyridine rings is 1. The zero-order chi connectivity index (χ0) is 46.4. The summed E-state index contributed by atoms with van der Waals surface area (Å²) in [5.41, 5.74) is 9.58. The molecule has 16 heteroatoms. The van der Waals surface area contributed by atoms with Crippen LogP contribution in [0.5, 0.6) is 0 Å². The lowest BCUT2D eigenvalue weighted by atomic mass is 9.72. The maximum atomic E-state index is 14.6. The average Bonchev–Trinajstić information content (AvgIpc) is 3.88. The van der Waals surface area contributed by atoms with Gasteiger partial charge in [0.25, 0.3) is 5.91 Å². The minimum absolute atomic E-state index is 0.119. The number of piperidine rings is 1. The monoisotopic (exact) mass is 909 g/mol. The predicted octanol–water partition coefficient (Wildman–Crippen LogP) is 6.31. The zero-order valence-corrected chi connectivity index (χ0v) is 40.4. The van der Waals surface area contributed by atoms with Crippen molar-refractivity contribution in [1.29, 1.82) is 0 Å². The van der Waals surface area contributed by atoms with Crippen molar-refractivity contribution in [3.05, 3.63) is 58.2 Å². The van der Waals surface area contributed by atoms with Crippen molar-refractivity contribution < 1.29 is 28.7 Å². The van der Waals surface area contributed by atoms with Crippen LogP contribution in [0, 0.1) is 16.7 Å². The molecule has 0 aliphatic carbocycles. The van der Waals surface area contributed by atoms with Crippen LogP contribution in [0.4, 0.5) is 4.79 Å². The average molecular weight is 910 g/mol. The second-order valence-corrected chi connectivity index (χ2v) is 21.0. The van der Waals surface area contributed by atoms with E-state index in [1.165, 1.54) is 21.2 Å². The highest BCUT2D eigenvalue weighted by atomic mass is 32.1. The molecule has 4 aliphatic heterocycles. The molecule has 6 bridgehead atoms.